The van der Waals surface area contributed by atoms with Gasteiger partial charge in [0.2, 0.25) is 0 Å². The lowest BCUT2D eigenvalue weighted by Crippen LogP contribution is -2.21. The maximum atomic E-state index is 4.43. The summed E-state index contributed by atoms with van der Waals surface area (Å²) in [6.07, 6.45) is 6.59. The molecule has 1 N–H and O–H groups in total. The third kappa shape index (κ3) is 4.49. The van der Waals surface area contributed by atoms with Crippen LogP contribution in [0.15, 0.2) is 42.7 Å². The Morgan fingerprint density at radius 2 is 1.85 bits per heavy atom. The molecule has 0 saturated carbocycles. The Morgan fingerprint density at radius 3 is 2.55 bits per heavy atom. The first-order valence-corrected chi connectivity index (χ1v) is 7.57. The number of aromatic nitrogens is 2. The van der Waals surface area contributed by atoms with Crippen LogP contribution in [0.5, 0.6) is 0 Å². The predicted octanol–water partition coefficient (Wildman–Crippen LogP) is 3.46. The van der Waals surface area contributed by atoms with Gasteiger partial charge in [0.05, 0.1) is 12.7 Å². The molecule has 20 heavy (non-hydrogen) atoms. The fraction of sp³-hybridized carbons (Fsp3) is 0.471. The maximum Gasteiger partial charge on any atom is 0.0659 e. The summed E-state index contributed by atoms with van der Waals surface area (Å²) in [6.45, 7) is 7.36. The summed E-state index contributed by atoms with van der Waals surface area (Å²) in [5, 5.41) is 7.95. The molecule has 0 bridgehead atoms. The van der Waals surface area contributed by atoms with Gasteiger partial charge in [0.25, 0.3) is 0 Å². The van der Waals surface area contributed by atoms with E-state index in [0.29, 0.717) is 0 Å². The monoisotopic (exact) mass is 271 g/mol. The quantitative estimate of drug-likeness (QED) is 0.797. The van der Waals surface area contributed by atoms with Crippen LogP contribution in [0.25, 0.3) is 0 Å². The van der Waals surface area contributed by atoms with Crippen LogP contribution in [0.2, 0.25) is 0 Å². The lowest BCUT2D eigenvalue weighted by molar-refractivity contribution is 0.449. The largest absolute Gasteiger partial charge is 0.312 e. The highest BCUT2D eigenvalue weighted by Gasteiger charge is 2.03. The van der Waals surface area contributed by atoms with E-state index in [4.69, 9.17) is 0 Å². The molecule has 1 aromatic carbocycles. The van der Waals surface area contributed by atoms with Crippen molar-refractivity contribution in [3.05, 3.63) is 53.9 Å². The molecular weight excluding hydrogens is 246 g/mol. The highest BCUT2D eigenvalue weighted by Crippen LogP contribution is 2.07. The molecule has 108 valence electrons. The molecule has 0 atom stereocenters. The summed E-state index contributed by atoms with van der Waals surface area (Å²) >= 11 is 0. The van der Waals surface area contributed by atoms with Gasteiger partial charge in [-0.1, -0.05) is 57.0 Å². The van der Waals surface area contributed by atoms with Crippen molar-refractivity contribution < 1.29 is 0 Å². The summed E-state index contributed by atoms with van der Waals surface area (Å²) in [6, 6.07) is 10.4. The number of nitrogens with one attached hydrogen (secondary N) is 1. The van der Waals surface area contributed by atoms with Crippen LogP contribution in [0.3, 0.4) is 0 Å². The molecule has 0 saturated heterocycles. The van der Waals surface area contributed by atoms with Crippen molar-refractivity contribution in [1.29, 1.82) is 0 Å². The van der Waals surface area contributed by atoms with Crippen molar-refractivity contribution >= 4 is 0 Å². The number of hydrogen-bond donors (Lipinski definition) is 1. The van der Waals surface area contributed by atoms with Crippen molar-refractivity contribution in [2.75, 3.05) is 6.54 Å². The minimum Gasteiger partial charge on any atom is -0.312 e. The standard InChI is InChI=1S/C17H25N3/c1-3-15(4-2)10-18-11-17-12-19-20(14-17)13-16-8-6-5-7-9-16/h5-9,12,14-15,18H,3-4,10-11,13H2,1-2H3. The second kappa shape index (κ2) is 7.85. The van der Waals surface area contributed by atoms with E-state index in [9.17, 15) is 0 Å². The molecule has 0 aliphatic heterocycles. The first-order valence-electron chi connectivity index (χ1n) is 7.57. The van der Waals surface area contributed by atoms with E-state index in [0.717, 1.165) is 25.6 Å². The van der Waals surface area contributed by atoms with E-state index in [2.05, 4.69) is 54.7 Å². The Kier molecular flexibility index (Phi) is 5.81. The predicted molar refractivity (Wildman–Crippen MR) is 83.5 cm³/mol. The Balaban J connectivity index is 1.80. The van der Waals surface area contributed by atoms with Gasteiger partial charge in [0, 0.05) is 18.3 Å². The molecular formula is C17H25N3. The Morgan fingerprint density at radius 1 is 1.10 bits per heavy atom. The molecule has 3 heteroatoms. The van der Waals surface area contributed by atoms with Gasteiger partial charge in [-0.2, -0.15) is 5.10 Å². The minimum atomic E-state index is 0.786. The van der Waals surface area contributed by atoms with Crippen molar-refractivity contribution in [2.45, 2.75) is 39.8 Å². The first-order chi connectivity index (χ1) is 9.81. The average Bonchev–Trinajstić information content (AvgIpc) is 2.92. The topological polar surface area (TPSA) is 29.9 Å². The van der Waals surface area contributed by atoms with Crippen LogP contribution in [0, 0.1) is 5.92 Å². The van der Waals surface area contributed by atoms with E-state index >= 15 is 0 Å². The summed E-state index contributed by atoms with van der Waals surface area (Å²) < 4.78 is 2.00. The van der Waals surface area contributed by atoms with Crippen LogP contribution >= 0.6 is 0 Å². The van der Waals surface area contributed by atoms with Crippen molar-refractivity contribution in [3.63, 3.8) is 0 Å². The van der Waals surface area contributed by atoms with Crippen molar-refractivity contribution in [1.82, 2.24) is 15.1 Å². The van der Waals surface area contributed by atoms with Crippen LogP contribution in [0.1, 0.15) is 37.8 Å². The lowest BCUT2D eigenvalue weighted by Gasteiger charge is -2.12. The van der Waals surface area contributed by atoms with Gasteiger partial charge in [-0.3, -0.25) is 4.68 Å². The molecule has 1 heterocycles. The maximum absolute atomic E-state index is 4.43. The zero-order valence-electron chi connectivity index (χ0n) is 12.5. The fourth-order valence-electron chi connectivity index (χ4n) is 2.35. The number of nitrogens with zero attached hydrogens (tertiary/aromatic N) is 2. The molecule has 0 radical (unpaired) electrons. The Bertz CT molecular complexity index is 486. The molecule has 2 rings (SSSR count). The van der Waals surface area contributed by atoms with E-state index in [1.54, 1.807) is 0 Å². The van der Waals surface area contributed by atoms with Crippen molar-refractivity contribution in [2.24, 2.45) is 5.92 Å². The highest BCUT2D eigenvalue weighted by atomic mass is 15.3. The van der Waals surface area contributed by atoms with Gasteiger partial charge in [-0.15, -0.1) is 0 Å². The molecule has 2 aromatic rings. The normalized spacial score (nSPS) is 11.2. The van der Waals surface area contributed by atoms with Crippen molar-refractivity contribution in [3.8, 4) is 0 Å². The minimum absolute atomic E-state index is 0.786. The average molecular weight is 271 g/mol. The smallest absolute Gasteiger partial charge is 0.0659 e. The van der Waals surface area contributed by atoms with Gasteiger partial charge in [-0.25, -0.2) is 0 Å². The summed E-state index contributed by atoms with van der Waals surface area (Å²) in [4.78, 5) is 0. The summed E-state index contributed by atoms with van der Waals surface area (Å²) in [7, 11) is 0. The third-order valence-electron chi connectivity index (χ3n) is 3.79. The zero-order valence-corrected chi connectivity index (χ0v) is 12.5. The van der Waals surface area contributed by atoms with Gasteiger partial charge >= 0.3 is 0 Å². The second-order valence-corrected chi connectivity index (χ2v) is 5.35. The van der Waals surface area contributed by atoms with E-state index in [1.165, 1.54) is 24.0 Å². The van der Waals surface area contributed by atoms with E-state index in [-0.39, 0.29) is 0 Å². The molecule has 0 aliphatic carbocycles. The Hall–Kier alpha value is -1.61. The molecule has 0 spiro atoms. The van der Waals surface area contributed by atoms with Crippen LogP contribution in [0.4, 0.5) is 0 Å². The van der Waals surface area contributed by atoms with Gasteiger partial charge < -0.3 is 5.32 Å². The zero-order chi connectivity index (χ0) is 14.2. The van der Waals surface area contributed by atoms with Gasteiger partial charge in [0.15, 0.2) is 0 Å². The third-order valence-corrected chi connectivity index (χ3v) is 3.79. The van der Waals surface area contributed by atoms with E-state index < -0.39 is 0 Å². The number of hydrogen-bond acceptors (Lipinski definition) is 2. The molecule has 3 nitrogen and oxygen atoms in total. The second-order valence-electron chi connectivity index (χ2n) is 5.35. The molecule has 1 aromatic heterocycles. The van der Waals surface area contributed by atoms with Crippen LogP contribution < -0.4 is 5.32 Å². The van der Waals surface area contributed by atoms with Crippen LogP contribution in [-0.2, 0) is 13.1 Å². The van der Waals surface area contributed by atoms with Crippen LogP contribution in [-0.4, -0.2) is 16.3 Å². The summed E-state index contributed by atoms with van der Waals surface area (Å²) in [5.74, 6) is 0.786. The molecule has 0 amide bonds. The number of benzene rings is 1. The molecule has 0 unspecified atom stereocenters. The fourth-order valence-corrected chi connectivity index (χ4v) is 2.35. The summed E-state index contributed by atoms with van der Waals surface area (Å²) in [5.41, 5.74) is 2.54. The van der Waals surface area contributed by atoms with E-state index in [1.807, 2.05) is 16.9 Å². The highest BCUT2D eigenvalue weighted by molar-refractivity contribution is 5.15. The SMILES string of the molecule is CCC(CC)CNCc1cnn(Cc2ccccc2)c1. The van der Waals surface area contributed by atoms with Gasteiger partial charge in [0.1, 0.15) is 0 Å². The first kappa shape index (κ1) is 14.8. The molecule has 0 aliphatic rings. The molecule has 0 fully saturated rings. The Labute approximate surface area is 122 Å². The number of rotatable bonds is 8. The van der Waals surface area contributed by atoms with Gasteiger partial charge in [-0.05, 0) is 18.0 Å². The lowest BCUT2D eigenvalue weighted by atomic mass is 10.0.